The van der Waals surface area contributed by atoms with Crippen LogP contribution in [0.3, 0.4) is 0 Å². The first-order valence-corrected chi connectivity index (χ1v) is 7.38. The van der Waals surface area contributed by atoms with Gasteiger partial charge in [-0.1, -0.05) is 6.92 Å². The van der Waals surface area contributed by atoms with Crippen molar-refractivity contribution in [2.45, 2.75) is 51.0 Å². The fourth-order valence-electron chi connectivity index (χ4n) is 7.47. The largest absolute Gasteiger partial charge is 0.325 e. The Morgan fingerprint density at radius 2 is 1.50 bits per heavy atom. The van der Waals surface area contributed by atoms with Crippen molar-refractivity contribution < 1.29 is 0 Å². The lowest BCUT2D eigenvalue weighted by molar-refractivity contribution is -0.253. The van der Waals surface area contributed by atoms with Crippen molar-refractivity contribution in [1.29, 1.82) is 0 Å². The minimum absolute atomic E-state index is 0.274. The van der Waals surface area contributed by atoms with E-state index in [4.69, 9.17) is 5.73 Å². The van der Waals surface area contributed by atoms with Crippen LogP contribution in [0.25, 0.3) is 0 Å². The summed E-state index contributed by atoms with van der Waals surface area (Å²) in [6, 6.07) is 0. The predicted molar refractivity (Wildman–Crippen MR) is 63.7 cm³/mol. The molecule has 0 saturated heterocycles. The molecule has 4 atom stereocenters. The molecule has 0 aromatic carbocycles. The number of hydrogen-bond acceptors (Lipinski definition) is 1. The first kappa shape index (κ1) is 8.97. The lowest BCUT2D eigenvalue weighted by Gasteiger charge is -2.76. The first-order chi connectivity index (χ1) is 7.59. The van der Waals surface area contributed by atoms with E-state index in [0.717, 1.165) is 40.9 Å². The fourth-order valence-corrected chi connectivity index (χ4v) is 7.47. The Balaban J connectivity index is 1.73. The molecule has 88 valence electrons. The van der Waals surface area contributed by atoms with E-state index in [1.807, 2.05) is 0 Å². The van der Waals surface area contributed by atoms with Crippen LogP contribution < -0.4 is 5.73 Å². The highest BCUT2D eigenvalue weighted by molar-refractivity contribution is 5.21. The normalized spacial score (nSPS) is 73.9. The average Bonchev–Trinajstić information content (AvgIpc) is 2.24. The second-order valence-corrected chi connectivity index (χ2v) is 8.23. The quantitative estimate of drug-likeness (QED) is 0.663. The Morgan fingerprint density at radius 3 is 2.12 bits per heavy atom. The number of hydrogen-bond donors (Lipinski definition) is 1. The molecule has 7 saturated carbocycles. The van der Waals surface area contributed by atoms with E-state index in [9.17, 15) is 0 Å². The van der Waals surface area contributed by atoms with Gasteiger partial charge in [-0.05, 0) is 79.4 Å². The van der Waals surface area contributed by atoms with Crippen LogP contribution in [0.5, 0.6) is 0 Å². The molecular formula is C15H23N. The standard InChI is InChI=1S/C15H23N/c1-14-4-8-2-9-11-5-15(16,6-12(9)14)7-13(14)10(11)3-8/h8-13H,2-7,16H2,1H3. The highest BCUT2D eigenvalue weighted by Gasteiger charge is 2.70. The van der Waals surface area contributed by atoms with Crippen LogP contribution >= 0.6 is 0 Å². The molecule has 0 heterocycles. The van der Waals surface area contributed by atoms with Gasteiger partial charge in [0.2, 0.25) is 0 Å². The van der Waals surface area contributed by atoms with Crippen LogP contribution in [0.15, 0.2) is 0 Å². The molecular weight excluding hydrogens is 194 g/mol. The van der Waals surface area contributed by atoms with Gasteiger partial charge in [0.15, 0.2) is 0 Å². The molecule has 0 amide bonds. The zero-order chi connectivity index (χ0) is 10.7. The van der Waals surface area contributed by atoms with Gasteiger partial charge in [-0.3, -0.25) is 0 Å². The van der Waals surface area contributed by atoms with Crippen molar-refractivity contribution in [2.75, 3.05) is 0 Å². The van der Waals surface area contributed by atoms with Gasteiger partial charge in [0.05, 0.1) is 0 Å². The van der Waals surface area contributed by atoms with Crippen LogP contribution in [-0.4, -0.2) is 5.54 Å². The zero-order valence-corrected chi connectivity index (χ0v) is 10.3. The molecule has 7 aliphatic rings. The monoisotopic (exact) mass is 217 g/mol. The van der Waals surface area contributed by atoms with E-state index >= 15 is 0 Å². The van der Waals surface area contributed by atoms with Crippen molar-refractivity contribution >= 4 is 0 Å². The van der Waals surface area contributed by atoms with Crippen LogP contribution in [0.1, 0.15) is 45.4 Å². The number of rotatable bonds is 0. The predicted octanol–water partition coefficient (Wildman–Crippen LogP) is 2.80. The van der Waals surface area contributed by atoms with E-state index < -0.39 is 0 Å². The van der Waals surface area contributed by atoms with Gasteiger partial charge in [-0.25, -0.2) is 0 Å². The molecule has 7 aliphatic carbocycles. The molecule has 16 heavy (non-hydrogen) atoms. The summed E-state index contributed by atoms with van der Waals surface area (Å²) >= 11 is 0. The first-order valence-electron chi connectivity index (χ1n) is 7.38. The van der Waals surface area contributed by atoms with Crippen LogP contribution in [-0.2, 0) is 0 Å². The summed E-state index contributed by atoms with van der Waals surface area (Å²) in [5.41, 5.74) is 7.66. The third kappa shape index (κ3) is 0.749. The summed E-state index contributed by atoms with van der Waals surface area (Å²) in [6.45, 7) is 2.63. The van der Waals surface area contributed by atoms with Crippen molar-refractivity contribution in [2.24, 2.45) is 46.7 Å². The minimum atomic E-state index is 0.274. The highest BCUT2D eigenvalue weighted by atomic mass is 14.9. The van der Waals surface area contributed by atoms with E-state index in [1.165, 1.54) is 19.3 Å². The van der Waals surface area contributed by atoms with Gasteiger partial charge in [-0.2, -0.15) is 0 Å². The molecule has 1 nitrogen and oxygen atoms in total. The Morgan fingerprint density at radius 1 is 0.875 bits per heavy atom. The van der Waals surface area contributed by atoms with Gasteiger partial charge in [0.25, 0.3) is 0 Å². The summed E-state index contributed by atoms with van der Waals surface area (Å²) < 4.78 is 0. The SMILES string of the molecule is CC12CC3CC4C5CC(N)(CC41)CC2C5C3. The third-order valence-corrected chi connectivity index (χ3v) is 7.66. The molecule has 4 unspecified atom stereocenters. The van der Waals surface area contributed by atoms with Crippen LogP contribution in [0.4, 0.5) is 0 Å². The van der Waals surface area contributed by atoms with E-state index in [1.54, 1.807) is 19.3 Å². The van der Waals surface area contributed by atoms with Crippen molar-refractivity contribution in [3.63, 3.8) is 0 Å². The van der Waals surface area contributed by atoms with E-state index in [2.05, 4.69) is 6.92 Å². The summed E-state index contributed by atoms with van der Waals surface area (Å²) in [7, 11) is 0. The molecule has 0 aromatic rings. The maximum Gasteiger partial charge on any atom is 0.0163 e. The fraction of sp³-hybridized carbons (Fsp3) is 1.00. The number of nitrogens with two attached hydrogens (primary N) is 1. The third-order valence-electron chi connectivity index (χ3n) is 7.66. The van der Waals surface area contributed by atoms with Crippen molar-refractivity contribution in [3.05, 3.63) is 0 Å². The lowest BCUT2D eigenvalue weighted by Crippen LogP contribution is -2.73. The smallest absolute Gasteiger partial charge is 0.0163 e. The molecule has 0 radical (unpaired) electrons. The van der Waals surface area contributed by atoms with E-state index in [0.29, 0.717) is 0 Å². The topological polar surface area (TPSA) is 26.0 Å². The van der Waals surface area contributed by atoms with Gasteiger partial charge < -0.3 is 5.73 Å². The molecule has 0 aliphatic heterocycles. The Bertz CT molecular complexity index is 350. The second kappa shape index (κ2) is 2.25. The Labute approximate surface area is 98.2 Å². The van der Waals surface area contributed by atoms with Crippen molar-refractivity contribution in [3.8, 4) is 0 Å². The molecule has 1 heteroatoms. The average molecular weight is 217 g/mol. The van der Waals surface area contributed by atoms with E-state index in [-0.39, 0.29) is 5.54 Å². The van der Waals surface area contributed by atoms with Crippen LogP contribution in [0, 0.1) is 40.9 Å². The highest BCUT2D eigenvalue weighted by Crippen LogP contribution is 2.76. The van der Waals surface area contributed by atoms with Gasteiger partial charge >= 0.3 is 0 Å². The van der Waals surface area contributed by atoms with Gasteiger partial charge in [0.1, 0.15) is 0 Å². The summed E-state index contributed by atoms with van der Waals surface area (Å²) in [4.78, 5) is 0. The van der Waals surface area contributed by atoms with Crippen LogP contribution in [0.2, 0.25) is 0 Å². The second-order valence-electron chi connectivity index (χ2n) is 8.23. The zero-order valence-electron chi connectivity index (χ0n) is 10.3. The van der Waals surface area contributed by atoms with Gasteiger partial charge in [0, 0.05) is 5.54 Å². The molecule has 0 spiro atoms. The molecule has 7 rings (SSSR count). The van der Waals surface area contributed by atoms with Gasteiger partial charge in [-0.15, -0.1) is 0 Å². The molecule has 7 fully saturated rings. The minimum Gasteiger partial charge on any atom is -0.325 e. The summed E-state index contributed by atoms with van der Waals surface area (Å²) in [5.74, 6) is 6.37. The summed E-state index contributed by atoms with van der Waals surface area (Å²) in [5, 5.41) is 0. The maximum atomic E-state index is 6.66. The maximum absolute atomic E-state index is 6.66. The molecule has 0 aromatic heterocycles. The lowest BCUT2D eigenvalue weighted by atomic mass is 9.30. The molecule has 2 N–H and O–H groups in total. The Kier molecular flexibility index (Phi) is 1.26. The summed E-state index contributed by atoms with van der Waals surface area (Å²) in [6.07, 6.45) is 8.84. The Hall–Kier alpha value is -0.0400. The molecule has 8 bridgehead atoms. The van der Waals surface area contributed by atoms with Crippen molar-refractivity contribution in [1.82, 2.24) is 0 Å².